The molecule has 0 aliphatic heterocycles. The lowest BCUT2D eigenvalue weighted by molar-refractivity contribution is 0.627. The van der Waals surface area contributed by atoms with Gasteiger partial charge in [0.1, 0.15) is 5.82 Å². The van der Waals surface area contributed by atoms with E-state index in [9.17, 15) is 4.39 Å². The average molecular weight is 266 g/mol. The van der Waals surface area contributed by atoms with Gasteiger partial charge in [-0.2, -0.15) is 0 Å². The zero-order valence-corrected chi connectivity index (χ0v) is 10.7. The highest BCUT2D eigenvalue weighted by Gasteiger charge is 2.10. The number of hydrogen-bond donors (Lipinski definition) is 0. The third-order valence-corrected chi connectivity index (χ3v) is 2.83. The predicted octanol–water partition coefficient (Wildman–Crippen LogP) is 3.51. The van der Waals surface area contributed by atoms with Crippen molar-refractivity contribution in [1.82, 2.24) is 9.97 Å². The molecule has 0 N–H and O–H groups in total. The third kappa shape index (κ3) is 2.76. The van der Waals surface area contributed by atoms with Crippen molar-refractivity contribution in [3.63, 3.8) is 0 Å². The van der Waals surface area contributed by atoms with Crippen LogP contribution in [-0.2, 0) is 5.88 Å². The summed E-state index contributed by atoms with van der Waals surface area (Å²) in [7, 11) is 0. The Hall–Kier alpha value is -1.68. The van der Waals surface area contributed by atoms with E-state index in [2.05, 4.69) is 9.97 Å². The van der Waals surface area contributed by atoms with Gasteiger partial charge in [0, 0.05) is 30.2 Å². The van der Waals surface area contributed by atoms with Crippen LogP contribution in [0.3, 0.4) is 0 Å². The number of aromatic nitrogens is 2. The van der Waals surface area contributed by atoms with Crippen molar-refractivity contribution in [2.24, 2.45) is 0 Å². The molecule has 0 atom stereocenters. The van der Waals surface area contributed by atoms with Crippen LogP contribution in [0, 0.1) is 5.82 Å². The van der Waals surface area contributed by atoms with Gasteiger partial charge in [0.2, 0.25) is 5.95 Å². The lowest BCUT2D eigenvalue weighted by atomic mass is 10.3. The van der Waals surface area contributed by atoms with Crippen LogP contribution in [0.15, 0.2) is 36.7 Å². The van der Waals surface area contributed by atoms with E-state index < -0.39 is 0 Å². The summed E-state index contributed by atoms with van der Waals surface area (Å²) in [5, 5.41) is 0. The van der Waals surface area contributed by atoms with E-state index in [0.29, 0.717) is 18.4 Å². The fourth-order valence-electron chi connectivity index (χ4n) is 1.64. The Labute approximate surface area is 110 Å². The second-order valence-electron chi connectivity index (χ2n) is 3.75. The van der Waals surface area contributed by atoms with Gasteiger partial charge in [-0.15, -0.1) is 11.6 Å². The first-order chi connectivity index (χ1) is 8.74. The largest absolute Gasteiger partial charge is 0.311 e. The molecule has 0 aliphatic rings. The lowest BCUT2D eigenvalue weighted by Gasteiger charge is -2.20. The summed E-state index contributed by atoms with van der Waals surface area (Å²) in [6.45, 7) is 2.62. The maximum atomic E-state index is 13.2. The maximum Gasteiger partial charge on any atom is 0.229 e. The summed E-state index contributed by atoms with van der Waals surface area (Å²) in [4.78, 5) is 10.3. The Balaban J connectivity index is 2.32. The van der Waals surface area contributed by atoms with Crippen molar-refractivity contribution in [1.29, 1.82) is 0 Å². The molecule has 94 valence electrons. The van der Waals surface area contributed by atoms with Crippen LogP contribution in [0.5, 0.6) is 0 Å². The molecule has 1 heterocycles. The summed E-state index contributed by atoms with van der Waals surface area (Å²) in [5.41, 5.74) is 1.59. The molecule has 0 aliphatic carbocycles. The Kier molecular flexibility index (Phi) is 4.10. The second kappa shape index (κ2) is 5.78. The van der Waals surface area contributed by atoms with Gasteiger partial charge in [-0.25, -0.2) is 14.4 Å². The van der Waals surface area contributed by atoms with E-state index >= 15 is 0 Å². The molecule has 0 bridgehead atoms. The number of halogens is 2. The van der Waals surface area contributed by atoms with Crippen LogP contribution in [-0.4, -0.2) is 16.5 Å². The van der Waals surface area contributed by atoms with Crippen LogP contribution in [0.4, 0.5) is 16.0 Å². The molecule has 18 heavy (non-hydrogen) atoms. The molecule has 5 heteroatoms. The van der Waals surface area contributed by atoms with Gasteiger partial charge in [-0.1, -0.05) is 6.07 Å². The number of anilines is 2. The molecule has 0 radical (unpaired) electrons. The fraction of sp³-hybridized carbons (Fsp3) is 0.231. The van der Waals surface area contributed by atoms with Gasteiger partial charge in [-0.3, -0.25) is 0 Å². The molecule has 0 amide bonds. The molecule has 2 rings (SSSR count). The van der Waals surface area contributed by atoms with Gasteiger partial charge in [0.15, 0.2) is 0 Å². The predicted molar refractivity (Wildman–Crippen MR) is 70.7 cm³/mol. The molecular weight excluding hydrogens is 253 g/mol. The standard InChI is InChI=1S/C13H13ClFN3/c1-2-18(12-5-3-4-11(15)6-12)13-16-8-10(7-14)9-17-13/h3-6,8-9H,2,7H2,1H3. The van der Waals surface area contributed by atoms with E-state index in [1.54, 1.807) is 18.5 Å². The maximum absolute atomic E-state index is 13.2. The van der Waals surface area contributed by atoms with Crippen molar-refractivity contribution in [2.45, 2.75) is 12.8 Å². The molecule has 0 spiro atoms. The molecule has 1 aromatic carbocycles. The minimum absolute atomic E-state index is 0.275. The molecule has 0 unspecified atom stereocenters. The third-order valence-electron chi connectivity index (χ3n) is 2.52. The number of hydrogen-bond acceptors (Lipinski definition) is 3. The zero-order chi connectivity index (χ0) is 13.0. The number of rotatable bonds is 4. The van der Waals surface area contributed by atoms with Crippen LogP contribution in [0.1, 0.15) is 12.5 Å². The summed E-state index contributed by atoms with van der Waals surface area (Å²) in [6, 6.07) is 6.36. The van der Waals surface area contributed by atoms with Crippen LogP contribution >= 0.6 is 11.6 Å². The van der Waals surface area contributed by atoms with Crippen molar-refractivity contribution in [3.05, 3.63) is 48.0 Å². The monoisotopic (exact) mass is 265 g/mol. The smallest absolute Gasteiger partial charge is 0.229 e. The molecule has 2 aromatic rings. The van der Waals surface area contributed by atoms with Crippen molar-refractivity contribution < 1.29 is 4.39 Å². The van der Waals surface area contributed by atoms with Crippen molar-refractivity contribution in [2.75, 3.05) is 11.4 Å². The first kappa shape index (κ1) is 12.8. The van der Waals surface area contributed by atoms with Crippen molar-refractivity contribution >= 4 is 23.2 Å². The number of nitrogens with zero attached hydrogens (tertiary/aromatic N) is 3. The normalized spacial score (nSPS) is 10.4. The first-order valence-corrected chi connectivity index (χ1v) is 6.18. The van der Waals surface area contributed by atoms with Crippen molar-refractivity contribution in [3.8, 4) is 0 Å². The highest BCUT2D eigenvalue weighted by atomic mass is 35.5. The second-order valence-corrected chi connectivity index (χ2v) is 4.02. The summed E-state index contributed by atoms with van der Waals surface area (Å²) in [5.74, 6) is 0.645. The highest BCUT2D eigenvalue weighted by Crippen LogP contribution is 2.22. The van der Waals surface area contributed by atoms with E-state index in [1.165, 1.54) is 12.1 Å². The SMILES string of the molecule is CCN(c1cccc(F)c1)c1ncc(CCl)cn1. The van der Waals surface area contributed by atoms with Gasteiger partial charge >= 0.3 is 0 Å². The molecule has 1 aromatic heterocycles. The highest BCUT2D eigenvalue weighted by molar-refractivity contribution is 6.17. The van der Waals surface area contributed by atoms with Gasteiger partial charge in [0.25, 0.3) is 0 Å². The topological polar surface area (TPSA) is 29.0 Å². The van der Waals surface area contributed by atoms with Crippen LogP contribution in [0.25, 0.3) is 0 Å². The molecule has 0 saturated heterocycles. The zero-order valence-electron chi connectivity index (χ0n) is 9.98. The fourth-order valence-corrected chi connectivity index (χ4v) is 1.78. The summed E-state index contributed by atoms with van der Waals surface area (Å²) < 4.78 is 13.2. The van der Waals surface area contributed by atoms with Crippen LogP contribution < -0.4 is 4.90 Å². The molecule has 3 nitrogen and oxygen atoms in total. The summed E-state index contributed by atoms with van der Waals surface area (Å²) in [6.07, 6.45) is 3.36. The summed E-state index contributed by atoms with van der Waals surface area (Å²) >= 11 is 5.69. The molecular formula is C13H13ClFN3. The lowest BCUT2D eigenvalue weighted by Crippen LogP contribution is -2.18. The molecule has 0 fully saturated rings. The Morgan fingerprint density at radius 1 is 1.28 bits per heavy atom. The first-order valence-electron chi connectivity index (χ1n) is 5.64. The van der Waals surface area contributed by atoms with E-state index in [0.717, 1.165) is 11.3 Å². The minimum Gasteiger partial charge on any atom is -0.311 e. The van der Waals surface area contributed by atoms with Gasteiger partial charge < -0.3 is 4.90 Å². The van der Waals surface area contributed by atoms with E-state index in [1.807, 2.05) is 17.9 Å². The average Bonchev–Trinajstić information content (AvgIpc) is 2.40. The van der Waals surface area contributed by atoms with Crippen LogP contribution in [0.2, 0.25) is 0 Å². The Morgan fingerprint density at radius 3 is 2.56 bits per heavy atom. The Bertz CT molecular complexity index is 516. The molecule has 0 saturated carbocycles. The Morgan fingerprint density at radius 2 is 2.00 bits per heavy atom. The quantitative estimate of drug-likeness (QED) is 0.792. The van der Waals surface area contributed by atoms with Gasteiger partial charge in [0.05, 0.1) is 5.88 Å². The number of benzene rings is 1. The van der Waals surface area contributed by atoms with E-state index in [4.69, 9.17) is 11.6 Å². The van der Waals surface area contributed by atoms with E-state index in [-0.39, 0.29) is 5.82 Å². The van der Waals surface area contributed by atoms with Gasteiger partial charge in [-0.05, 0) is 25.1 Å². The minimum atomic E-state index is -0.275. The number of alkyl halides is 1.